The molecule has 1 aliphatic carbocycles. The predicted octanol–water partition coefficient (Wildman–Crippen LogP) is 1.90. The molecule has 1 amide bonds. The van der Waals surface area contributed by atoms with E-state index < -0.39 is 0 Å². The molecule has 126 valence electrons. The second kappa shape index (κ2) is 6.26. The first-order valence-electron chi connectivity index (χ1n) is 8.52. The third-order valence-corrected chi connectivity index (χ3v) is 5.13. The minimum absolute atomic E-state index is 0.146. The van der Waals surface area contributed by atoms with Crippen molar-refractivity contribution in [1.29, 1.82) is 0 Å². The normalized spacial score (nSPS) is 25.7. The average Bonchev–Trinajstić information content (AvgIpc) is 3.26. The summed E-state index contributed by atoms with van der Waals surface area (Å²) in [5.41, 5.74) is 1.08. The molecule has 24 heavy (non-hydrogen) atoms. The molecule has 0 bridgehead atoms. The number of hydrogen-bond donors (Lipinski definition) is 0. The molecule has 4 rings (SSSR count). The van der Waals surface area contributed by atoms with Gasteiger partial charge in [0.25, 0.3) is 0 Å². The molecule has 0 N–H and O–H groups in total. The highest BCUT2D eigenvalue weighted by atomic mass is 16.5. The molecule has 6 heteroatoms. The molecule has 0 aromatic carbocycles. The van der Waals surface area contributed by atoms with E-state index in [9.17, 15) is 4.79 Å². The third-order valence-electron chi connectivity index (χ3n) is 5.13. The van der Waals surface area contributed by atoms with E-state index in [1.165, 1.54) is 0 Å². The van der Waals surface area contributed by atoms with Crippen molar-refractivity contribution in [2.24, 2.45) is 11.8 Å². The van der Waals surface area contributed by atoms with Crippen LogP contribution in [-0.2, 0) is 11.3 Å². The highest BCUT2D eigenvalue weighted by Gasteiger charge is 2.45. The van der Waals surface area contributed by atoms with Crippen molar-refractivity contribution >= 4 is 5.91 Å². The zero-order valence-corrected chi connectivity index (χ0v) is 13.8. The SMILES string of the molecule is Cc1cnn(CC(=O)N2C[C@H]3CC[C@H](Oc4cccnc4)[C@H]3C2)c1. The van der Waals surface area contributed by atoms with Gasteiger partial charge in [-0.3, -0.25) is 14.5 Å². The highest BCUT2D eigenvalue weighted by Crippen LogP contribution is 2.40. The summed E-state index contributed by atoms with van der Waals surface area (Å²) in [5.74, 6) is 1.94. The number of pyridine rings is 1. The number of amides is 1. The monoisotopic (exact) mass is 326 g/mol. The van der Waals surface area contributed by atoms with Crippen molar-refractivity contribution in [3.63, 3.8) is 0 Å². The number of ether oxygens (including phenoxy) is 1. The van der Waals surface area contributed by atoms with Crippen LogP contribution in [0.15, 0.2) is 36.9 Å². The Balaban J connectivity index is 1.37. The van der Waals surface area contributed by atoms with Gasteiger partial charge in [-0.2, -0.15) is 5.10 Å². The molecule has 0 unspecified atom stereocenters. The van der Waals surface area contributed by atoms with Crippen molar-refractivity contribution in [2.75, 3.05) is 13.1 Å². The maximum Gasteiger partial charge on any atom is 0.244 e. The molecular formula is C18H22N4O2. The maximum atomic E-state index is 12.5. The Hall–Kier alpha value is -2.37. The summed E-state index contributed by atoms with van der Waals surface area (Å²) in [5, 5.41) is 4.21. The van der Waals surface area contributed by atoms with Gasteiger partial charge in [-0.15, -0.1) is 0 Å². The second-order valence-corrected chi connectivity index (χ2v) is 6.86. The van der Waals surface area contributed by atoms with Crippen molar-refractivity contribution in [3.05, 3.63) is 42.5 Å². The van der Waals surface area contributed by atoms with Crippen LogP contribution in [0.3, 0.4) is 0 Å². The van der Waals surface area contributed by atoms with Crippen LogP contribution >= 0.6 is 0 Å². The number of nitrogens with zero attached hydrogens (tertiary/aromatic N) is 4. The molecule has 1 saturated heterocycles. The molecule has 1 aliphatic heterocycles. The predicted molar refractivity (Wildman–Crippen MR) is 88.4 cm³/mol. The lowest BCUT2D eigenvalue weighted by atomic mass is 9.99. The standard InChI is InChI=1S/C18H22N4O2/c1-13-7-20-22(9-13)12-18(23)21-10-14-4-5-17(16(14)11-21)24-15-3-2-6-19-8-15/h2-3,6-9,14,16-17H,4-5,10-12H2,1H3/t14-,16+,17+/m1/s1. The van der Waals surface area contributed by atoms with E-state index in [2.05, 4.69) is 10.1 Å². The molecule has 0 spiro atoms. The molecule has 2 aromatic heterocycles. The summed E-state index contributed by atoms with van der Waals surface area (Å²) in [7, 11) is 0. The summed E-state index contributed by atoms with van der Waals surface area (Å²) in [6.07, 6.45) is 9.56. The number of aromatic nitrogens is 3. The number of carbonyl (C=O) groups excluding carboxylic acids is 1. The first-order chi connectivity index (χ1) is 11.7. The number of rotatable bonds is 4. The van der Waals surface area contributed by atoms with E-state index in [1.54, 1.807) is 23.3 Å². The van der Waals surface area contributed by atoms with Crippen molar-refractivity contribution < 1.29 is 9.53 Å². The maximum absolute atomic E-state index is 12.5. The fourth-order valence-corrected chi connectivity index (χ4v) is 3.95. The minimum Gasteiger partial charge on any atom is -0.488 e. The van der Waals surface area contributed by atoms with Gasteiger partial charge in [0, 0.05) is 31.4 Å². The highest BCUT2D eigenvalue weighted by molar-refractivity contribution is 5.76. The van der Waals surface area contributed by atoms with Crippen LogP contribution in [0.25, 0.3) is 0 Å². The zero-order chi connectivity index (χ0) is 16.5. The average molecular weight is 326 g/mol. The topological polar surface area (TPSA) is 60.2 Å². The zero-order valence-electron chi connectivity index (χ0n) is 13.8. The molecule has 6 nitrogen and oxygen atoms in total. The Morgan fingerprint density at radius 2 is 2.25 bits per heavy atom. The first-order valence-corrected chi connectivity index (χ1v) is 8.52. The molecule has 3 heterocycles. The summed E-state index contributed by atoms with van der Waals surface area (Å²) in [6, 6.07) is 3.83. The quantitative estimate of drug-likeness (QED) is 0.861. The van der Waals surface area contributed by atoms with Crippen molar-refractivity contribution in [3.8, 4) is 5.75 Å². The molecule has 3 atom stereocenters. The number of aryl methyl sites for hydroxylation is 1. The summed E-state index contributed by atoms with van der Waals surface area (Å²) >= 11 is 0. The Bertz CT molecular complexity index is 715. The van der Waals surface area contributed by atoms with Crippen LogP contribution in [0.1, 0.15) is 18.4 Å². The minimum atomic E-state index is 0.146. The van der Waals surface area contributed by atoms with Gasteiger partial charge in [-0.25, -0.2) is 0 Å². The molecule has 2 fully saturated rings. The van der Waals surface area contributed by atoms with Gasteiger partial charge in [0.1, 0.15) is 18.4 Å². The van der Waals surface area contributed by atoms with E-state index in [0.717, 1.165) is 37.2 Å². The molecule has 1 saturated carbocycles. The molecular weight excluding hydrogens is 304 g/mol. The molecule has 2 aliphatic rings. The summed E-state index contributed by atoms with van der Waals surface area (Å²) in [4.78, 5) is 18.6. The summed E-state index contributed by atoms with van der Waals surface area (Å²) < 4.78 is 7.84. The number of hydrogen-bond acceptors (Lipinski definition) is 4. The fraction of sp³-hybridized carbons (Fsp3) is 0.500. The van der Waals surface area contributed by atoms with Crippen LogP contribution in [-0.4, -0.2) is 44.8 Å². The largest absolute Gasteiger partial charge is 0.488 e. The van der Waals surface area contributed by atoms with E-state index in [0.29, 0.717) is 18.4 Å². The Morgan fingerprint density at radius 1 is 1.33 bits per heavy atom. The van der Waals surface area contributed by atoms with E-state index in [4.69, 9.17) is 4.74 Å². The lowest BCUT2D eigenvalue weighted by Gasteiger charge is -2.22. The van der Waals surface area contributed by atoms with E-state index >= 15 is 0 Å². The van der Waals surface area contributed by atoms with Gasteiger partial charge in [-0.05, 0) is 43.4 Å². The first kappa shape index (κ1) is 15.2. The van der Waals surface area contributed by atoms with Gasteiger partial charge >= 0.3 is 0 Å². The molecule has 0 radical (unpaired) electrons. The van der Waals surface area contributed by atoms with Gasteiger partial charge in [0.2, 0.25) is 5.91 Å². The Labute approximate surface area is 141 Å². The second-order valence-electron chi connectivity index (χ2n) is 6.86. The van der Waals surface area contributed by atoms with Gasteiger partial charge < -0.3 is 9.64 Å². The smallest absolute Gasteiger partial charge is 0.244 e. The van der Waals surface area contributed by atoms with Crippen LogP contribution < -0.4 is 4.74 Å². The van der Waals surface area contributed by atoms with Crippen LogP contribution in [0, 0.1) is 18.8 Å². The van der Waals surface area contributed by atoms with Crippen LogP contribution in [0.2, 0.25) is 0 Å². The van der Waals surface area contributed by atoms with E-state index in [-0.39, 0.29) is 12.0 Å². The van der Waals surface area contributed by atoms with Crippen molar-refractivity contribution in [2.45, 2.75) is 32.4 Å². The number of likely N-dealkylation sites (tertiary alicyclic amines) is 1. The Morgan fingerprint density at radius 3 is 3.00 bits per heavy atom. The Kier molecular flexibility index (Phi) is 3.96. The molecule has 2 aromatic rings. The van der Waals surface area contributed by atoms with Crippen molar-refractivity contribution in [1.82, 2.24) is 19.7 Å². The van der Waals surface area contributed by atoms with E-state index in [1.807, 2.05) is 30.2 Å². The van der Waals surface area contributed by atoms with Gasteiger partial charge in [-0.1, -0.05) is 0 Å². The van der Waals surface area contributed by atoms with Crippen LogP contribution in [0.4, 0.5) is 0 Å². The lowest BCUT2D eigenvalue weighted by molar-refractivity contribution is -0.131. The van der Waals surface area contributed by atoms with Gasteiger partial charge in [0.05, 0.1) is 12.4 Å². The number of fused-ring (bicyclic) bond motifs is 1. The third kappa shape index (κ3) is 3.00. The lowest BCUT2D eigenvalue weighted by Crippen LogP contribution is -2.34. The number of carbonyl (C=O) groups is 1. The summed E-state index contributed by atoms with van der Waals surface area (Å²) in [6.45, 7) is 3.93. The fourth-order valence-electron chi connectivity index (χ4n) is 3.95. The van der Waals surface area contributed by atoms with Gasteiger partial charge in [0.15, 0.2) is 0 Å². The van der Waals surface area contributed by atoms with Crippen LogP contribution in [0.5, 0.6) is 5.75 Å².